The molecule has 0 saturated heterocycles. The van der Waals surface area contributed by atoms with E-state index < -0.39 is 11.6 Å². The average molecular weight is 439 g/mol. The van der Waals surface area contributed by atoms with Gasteiger partial charge in [0, 0.05) is 47.6 Å². The second-order valence-electron chi connectivity index (χ2n) is 6.61. The molecule has 0 aliphatic rings. The van der Waals surface area contributed by atoms with Crippen LogP contribution in [0, 0.1) is 17.5 Å². The van der Waals surface area contributed by atoms with Crippen molar-refractivity contribution in [3.8, 4) is 28.0 Å². The van der Waals surface area contributed by atoms with Gasteiger partial charge in [-0.1, -0.05) is 12.6 Å². The van der Waals surface area contributed by atoms with Crippen LogP contribution in [-0.2, 0) is 4.79 Å². The summed E-state index contributed by atoms with van der Waals surface area (Å²) >= 11 is 0. The van der Waals surface area contributed by atoms with E-state index in [1.165, 1.54) is 25.3 Å². The van der Waals surface area contributed by atoms with E-state index in [0.29, 0.717) is 28.6 Å². The molecule has 0 atom stereocenters. The predicted octanol–water partition coefficient (Wildman–Crippen LogP) is 5.74. The zero-order valence-corrected chi connectivity index (χ0v) is 17.4. The summed E-state index contributed by atoms with van der Waals surface area (Å²) in [5, 5.41) is 3.46. The summed E-state index contributed by atoms with van der Waals surface area (Å²) in [5.74, 6) is -1.90. The van der Waals surface area contributed by atoms with Crippen molar-refractivity contribution < 1.29 is 22.7 Å². The third kappa shape index (κ3) is 4.49. The molecule has 4 rings (SSSR count). The summed E-state index contributed by atoms with van der Waals surface area (Å²) in [7, 11) is 2.97. The normalized spacial score (nSPS) is 10.3. The minimum atomic E-state index is -0.784. The van der Waals surface area contributed by atoms with Crippen LogP contribution in [0.25, 0.3) is 33.3 Å². The second kappa shape index (κ2) is 9.82. The number of fused-ring (bicyclic) bond motifs is 1. The number of anilines is 1. The van der Waals surface area contributed by atoms with Crippen LogP contribution in [0.1, 0.15) is 0 Å². The largest absolute Gasteiger partial charge is 0.493 e. The van der Waals surface area contributed by atoms with Gasteiger partial charge in [0.2, 0.25) is 0 Å². The SMILES string of the molecule is C=CC=O.CNc1cc(-c2cnc3[nH]cc(-c4cc(F)cc(F)c4OC)c3c2)ccc1F. The summed E-state index contributed by atoms with van der Waals surface area (Å²) in [4.78, 5) is 16.4. The first-order valence-electron chi connectivity index (χ1n) is 9.47. The van der Waals surface area contributed by atoms with Gasteiger partial charge in [0.15, 0.2) is 11.6 Å². The summed E-state index contributed by atoms with van der Waals surface area (Å²) in [5.41, 5.74) is 3.24. The van der Waals surface area contributed by atoms with Gasteiger partial charge in [0.1, 0.15) is 23.6 Å². The number of allylic oxidation sites excluding steroid dienone is 1. The average Bonchev–Trinajstić information content (AvgIpc) is 3.22. The number of pyridine rings is 1. The smallest absolute Gasteiger partial charge is 0.168 e. The molecule has 0 aliphatic carbocycles. The Morgan fingerprint density at radius 3 is 2.47 bits per heavy atom. The number of aldehydes is 1. The fourth-order valence-corrected chi connectivity index (χ4v) is 3.25. The number of nitrogens with one attached hydrogen (secondary N) is 2. The van der Waals surface area contributed by atoms with Crippen molar-refractivity contribution in [1.82, 2.24) is 9.97 Å². The maximum absolute atomic E-state index is 14.1. The molecule has 2 N–H and O–H groups in total. The molecule has 8 heteroatoms. The molecule has 0 spiro atoms. The van der Waals surface area contributed by atoms with Crippen LogP contribution in [0.2, 0.25) is 0 Å². The van der Waals surface area contributed by atoms with Gasteiger partial charge in [0.05, 0.1) is 12.8 Å². The molecule has 164 valence electrons. The van der Waals surface area contributed by atoms with E-state index in [1.807, 2.05) is 6.07 Å². The van der Waals surface area contributed by atoms with Crippen LogP contribution in [-0.4, -0.2) is 30.4 Å². The lowest BCUT2D eigenvalue weighted by molar-refractivity contribution is -0.104. The van der Waals surface area contributed by atoms with E-state index >= 15 is 0 Å². The second-order valence-corrected chi connectivity index (χ2v) is 6.61. The number of methoxy groups -OCH3 is 1. The number of rotatable bonds is 5. The Labute approximate surface area is 182 Å². The predicted molar refractivity (Wildman–Crippen MR) is 119 cm³/mol. The van der Waals surface area contributed by atoms with Gasteiger partial charge < -0.3 is 15.0 Å². The minimum Gasteiger partial charge on any atom is -0.493 e. The highest BCUT2D eigenvalue weighted by atomic mass is 19.1. The number of benzene rings is 2. The fourth-order valence-electron chi connectivity index (χ4n) is 3.25. The van der Waals surface area contributed by atoms with Gasteiger partial charge >= 0.3 is 0 Å². The van der Waals surface area contributed by atoms with Crippen LogP contribution in [0.4, 0.5) is 18.9 Å². The fraction of sp³-hybridized carbons (Fsp3) is 0.0833. The van der Waals surface area contributed by atoms with Gasteiger partial charge in [-0.2, -0.15) is 0 Å². The number of carbonyl (C=O) groups is 1. The van der Waals surface area contributed by atoms with E-state index in [-0.39, 0.29) is 17.1 Å². The number of H-pyrrole nitrogens is 1. The molecule has 2 heterocycles. The quantitative estimate of drug-likeness (QED) is 0.308. The van der Waals surface area contributed by atoms with Crippen LogP contribution in [0.15, 0.2) is 61.4 Å². The minimum absolute atomic E-state index is 0.0491. The third-order valence-electron chi connectivity index (χ3n) is 4.70. The lowest BCUT2D eigenvalue weighted by Gasteiger charge is -2.10. The molecule has 0 unspecified atom stereocenters. The molecule has 0 fully saturated rings. The zero-order chi connectivity index (χ0) is 23.3. The molecule has 0 bridgehead atoms. The highest BCUT2D eigenvalue weighted by molar-refractivity contribution is 5.97. The van der Waals surface area contributed by atoms with Gasteiger partial charge in [0.25, 0.3) is 0 Å². The van der Waals surface area contributed by atoms with Gasteiger partial charge in [-0.3, -0.25) is 4.79 Å². The van der Waals surface area contributed by atoms with E-state index in [0.717, 1.165) is 17.2 Å². The molecule has 32 heavy (non-hydrogen) atoms. The number of carbonyl (C=O) groups excluding carboxylic acids is 1. The summed E-state index contributed by atoms with van der Waals surface area (Å²) in [6.45, 7) is 3.11. The van der Waals surface area contributed by atoms with E-state index in [4.69, 9.17) is 9.53 Å². The van der Waals surface area contributed by atoms with Gasteiger partial charge in [-0.05, 0) is 35.9 Å². The number of halogens is 3. The van der Waals surface area contributed by atoms with E-state index in [9.17, 15) is 13.2 Å². The standard InChI is InChI=1S/C21H16F3N3O.C3H4O/c1-25-19-6-11(3-4-17(19)23)12-5-15-16(10-27-21(15)26-9-12)14-7-13(22)8-18(24)20(14)28-2;1-2-3-4/h3-10,25H,1-2H3,(H,26,27);2-3H,1H2. The first-order valence-corrected chi connectivity index (χ1v) is 9.47. The van der Waals surface area contributed by atoms with E-state index in [1.54, 1.807) is 31.6 Å². The van der Waals surface area contributed by atoms with Crippen LogP contribution in [0.3, 0.4) is 0 Å². The number of aromatic amines is 1. The van der Waals surface area contributed by atoms with Crippen molar-refractivity contribution in [2.75, 3.05) is 19.5 Å². The molecule has 2 aromatic heterocycles. The zero-order valence-electron chi connectivity index (χ0n) is 17.4. The van der Waals surface area contributed by atoms with Crippen molar-refractivity contribution >= 4 is 23.0 Å². The van der Waals surface area contributed by atoms with Crippen molar-refractivity contribution in [3.63, 3.8) is 0 Å². The first-order chi connectivity index (χ1) is 15.4. The highest BCUT2D eigenvalue weighted by Crippen LogP contribution is 2.38. The highest BCUT2D eigenvalue weighted by Gasteiger charge is 2.18. The first kappa shape index (κ1) is 22.6. The molecule has 2 aromatic carbocycles. The van der Waals surface area contributed by atoms with Crippen molar-refractivity contribution in [1.29, 1.82) is 0 Å². The maximum atomic E-state index is 14.1. The number of ether oxygens (including phenoxy) is 1. The Morgan fingerprint density at radius 2 is 1.81 bits per heavy atom. The molecule has 4 aromatic rings. The van der Waals surface area contributed by atoms with Crippen LogP contribution in [0.5, 0.6) is 5.75 Å². The van der Waals surface area contributed by atoms with Crippen molar-refractivity contribution in [3.05, 3.63) is 78.9 Å². The maximum Gasteiger partial charge on any atom is 0.168 e. The lowest BCUT2D eigenvalue weighted by Crippen LogP contribution is -1.94. The number of hydrogen-bond acceptors (Lipinski definition) is 4. The Kier molecular flexibility index (Phi) is 6.94. The van der Waals surface area contributed by atoms with Crippen molar-refractivity contribution in [2.24, 2.45) is 0 Å². The molecular weight excluding hydrogens is 419 g/mol. The third-order valence-corrected chi connectivity index (χ3v) is 4.70. The number of hydrogen-bond donors (Lipinski definition) is 2. The summed E-state index contributed by atoms with van der Waals surface area (Å²) in [6.07, 6.45) is 5.11. The monoisotopic (exact) mass is 439 g/mol. The molecule has 0 aliphatic heterocycles. The lowest BCUT2D eigenvalue weighted by atomic mass is 10.0. The van der Waals surface area contributed by atoms with Crippen LogP contribution >= 0.6 is 0 Å². The Hall–Kier alpha value is -4.07. The number of aromatic nitrogens is 2. The summed E-state index contributed by atoms with van der Waals surface area (Å²) < 4.78 is 46.9. The van der Waals surface area contributed by atoms with Gasteiger partial charge in [-0.25, -0.2) is 18.2 Å². The molecular formula is C24H20F3N3O2. The Bertz CT molecular complexity index is 1280. The molecule has 0 saturated carbocycles. The topological polar surface area (TPSA) is 67.0 Å². The van der Waals surface area contributed by atoms with Gasteiger partial charge in [-0.15, -0.1) is 0 Å². The molecule has 0 radical (unpaired) electrons. The van der Waals surface area contributed by atoms with E-state index in [2.05, 4.69) is 21.9 Å². The number of nitrogens with zero attached hydrogens (tertiary/aromatic N) is 1. The molecule has 5 nitrogen and oxygen atoms in total. The van der Waals surface area contributed by atoms with Crippen LogP contribution < -0.4 is 10.1 Å². The summed E-state index contributed by atoms with van der Waals surface area (Å²) in [6, 6.07) is 8.52. The Balaban J connectivity index is 0.000000668. The Morgan fingerprint density at radius 1 is 1.06 bits per heavy atom. The molecule has 0 amide bonds. The van der Waals surface area contributed by atoms with Crippen molar-refractivity contribution in [2.45, 2.75) is 0 Å².